The van der Waals surface area contributed by atoms with Gasteiger partial charge in [0.05, 0.1) is 25.9 Å². The van der Waals surface area contributed by atoms with Crippen molar-refractivity contribution in [1.82, 2.24) is 9.80 Å². The molecule has 0 unspecified atom stereocenters. The summed E-state index contributed by atoms with van der Waals surface area (Å²) < 4.78 is 12.4. The van der Waals surface area contributed by atoms with Gasteiger partial charge in [-0.2, -0.15) is 0 Å². The average Bonchev–Trinajstić information content (AvgIpc) is 2.41. The van der Waals surface area contributed by atoms with Crippen LogP contribution < -0.4 is 0 Å². The van der Waals surface area contributed by atoms with Crippen molar-refractivity contribution in [2.75, 3.05) is 59.1 Å². The van der Waals surface area contributed by atoms with Gasteiger partial charge in [-0.25, -0.2) is 0 Å². The van der Waals surface area contributed by atoms with Crippen LogP contribution in [0.4, 0.5) is 0 Å². The van der Waals surface area contributed by atoms with Crippen LogP contribution in [0.2, 0.25) is 0 Å². The lowest BCUT2D eigenvalue weighted by molar-refractivity contribution is -0.0171. The number of hydrogen-bond acceptors (Lipinski definition) is 4. The fourth-order valence-electron chi connectivity index (χ4n) is 2.65. The Kier molecular flexibility index (Phi) is 6.81. The minimum absolute atomic E-state index is 0.445. The molecule has 2 aliphatic rings. The molecule has 2 rings (SSSR count). The minimum atomic E-state index is 0.445. The summed E-state index contributed by atoms with van der Waals surface area (Å²) in [6, 6.07) is 0. The first-order valence-electron chi connectivity index (χ1n) is 7.21. The molecule has 4 nitrogen and oxygen atoms in total. The number of hydrogen-bond donors (Lipinski definition) is 0. The highest BCUT2D eigenvalue weighted by atomic mass is 79.9. The van der Waals surface area contributed by atoms with Gasteiger partial charge < -0.3 is 9.47 Å². The van der Waals surface area contributed by atoms with E-state index in [1.54, 1.807) is 0 Å². The summed E-state index contributed by atoms with van der Waals surface area (Å²) in [5.41, 5.74) is 0. The topological polar surface area (TPSA) is 24.9 Å². The summed E-state index contributed by atoms with van der Waals surface area (Å²) in [6.07, 6.45) is 2.73. The van der Waals surface area contributed by atoms with Gasteiger partial charge in [-0.15, -0.1) is 0 Å². The molecule has 0 bridgehead atoms. The van der Waals surface area contributed by atoms with Gasteiger partial charge in [-0.05, 0) is 12.8 Å². The van der Waals surface area contributed by atoms with Crippen molar-refractivity contribution in [3.63, 3.8) is 0 Å². The summed E-state index contributed by atoms with van der Waals surface area (Å²) in [6.45, 7) is 12.8. The molecule has 0 radical (unpaired) electrons. The Morgan fingerprint density at radius 1 is 1.16 bits per heavy atom. The van der Waals surface area contributed by atoms with Crippen LogP contribution in [0.1, 0.15) is 12.8 Å². The number of rotatable bonds is 6. The Balaban J connectivity index is 1.54. The first kappa shape index (κ1) is 15.4. The zero-order chi connectivity index (χ0) is 13.5. The molecule has 110 valence electrons. The Bertz CT molecular complexity index is 275. The summed E-state index contributed by atoms with van der Waals surface area (Å²) in [5, 5.41) is 0. The molecule has 2 aliphatic heterocycles. The SMILES string of the molecule is C=C(Br)CN1CCC(OCCN2CCOCC2)CC1. The van der Waals surface area contributed by atoms with E-state index in [4.69, 9.17) is 9.47 Å². The van der Waals surface area contributed by atoms with E-state index in [2.05, 4.69) is 32.3 Å². The second kappa shape index (κ2) is 8.37. The molecule has 0 aliphatic carbocycles. The molecule has 0 aromatic carbocycles. The predicted octanol–water partition coefficient (Wildman–Crippen LogP) is 1.71. The standard InChI is InChI=1S/C14H25BrN2O2/c1-13(15)12-17-4-2-14(3-5-17)19-11-8-16-6-9-18-10-7-16/h14H,1-12H2. The molecule has 0 amide bonds. The smallest absolute Gasteiger partial charge is 0.0600 e. The zero-order valence-electron chi connectivity index (χ0n) is 11.7. The normalized spacial score (nSPS) is 23.6. The van der Waals surface area contributed by atoms with Crippen molar-refractivity contribution < 1.29 is 9.47 Å². The fraction of sp³-hybridized carbons (Fsp3) is 0.857. The molecule has 2 heterocycles. The second-order valence-electron chi connectivity index (χ2n) is 5.32. The number of halogens is 1. The van der Waals surface area contributed by atoms with Crippen molar-refractivity contribution in [3.8, 4) is 0 Å². The maximum atomic E-state index is 6.00. The van der Waals surface area contributed by atoms with E-state index in [9.17, 15) is 0 Å². The highest BCUT2D eigenvalue weighted by molar-refractivity contribution is 9.11. The number of morpholine rings is 1. The van der Waals surface area contributed by atoms with Crippen molar-refractivity contribution in [2.24, 2.45) is 0 Å². The van der Waals surface area contributed by atoms with Crippen LogP contribution in [-0.4, -0.2) is 75.0 Å². The zero-order valence-corrected chi connectivity index (χ0v) is 13.2. The van der Waals surface area contributed by atoms with Gasteiger partial charge in [0, 0.05) is 43.8 Å². The Morgan fingerprint density at radius 2 is 1.84 bits per heavy atom. The molecular formula is C14H25BrN2O2. The molecule has 0 atom stereocenters. The fourth-order valence-corrected chi connectivity index (χ4v) is 3.00. The average molecular weight is 333 g/mol. The third kappa shape index (κ3) is 5.92. The number of likely N-dealkylation sites (tertiary alicyclic amines) is 1. The minimum Gasteiger partial charge on any atom is -0.379 e. The predicted molar refractivity (Wildman–Crippen MR) is 80.7 cm³/mol. The summed E-state index contributed by atoms with van der Waals surface area (Å²) >= 11 is 3.43. The largest absolute Gasteiger partial charge is 0.379 e. The molecule has 0 saturated carbocycles. The van der Waals surface area contributed by atoms with Gasteiger partial charge in [-0.1, -0.05) is 22.5 Å². The molecule has 0 aromatic rings. The second-order valence-corrected chi connectivity index (χ2v) is 6.44. The molecular weight excluding hydrogens is 308 g/mol. The Hall–Kier alpha value is 0.0600. The van der Waals surface area contributed by atoms with Gasteiger partial charge in [0.2, 0.25) is 0 Å². The maximum absolute atomic E-state index is 6.00. The van der Waals surface area contributed by atoms with Crippen LogP contribution >= 0.6 is 15.9 Å². The molecule has 2 saturated heterocycles. The van der Waals surface area contributed by atoms with E-state index in [-0.39, 0.29) is 0 Å². The van der Waals surface area contributed by atoms with Crippen LogP contribution in [-0.2, 0) is 9.47 Å². The molecule has 2 fully saturated rings. The Morgan fingerprint density at radius 3 is 2.47 bits per heavy atom. The van der Waals surface area contributed by atoms with Crippen molar-refractivity contribution in [3.05, 3.63) is 11.1 Å². The monoisotopic (exact) mass is 332 g/mol. The molecule has 0 spiro atoms. The molecule has 5 heteroatoms. The van der Waals surface area contributed by atoms with Crippen molar-refractivity contribution >= 4 is 15.9 Å². The van der Waals surface area contributed by atoms with Gasteiger partial charge in [-0.3, -0.25) is 9.80 Å². The third-order valence-electron chi connectivity index (χ3n) is 3.79. The maximum Gasteiger partial charge on any atom is 0.0600 e. The highest BCUT2D eigenvalue weighted by Gasteiger charge is 2.20. The molecule has 0 aromatic heterocycles. The number of piperidine rings is 1. The van der Waals surface area contributed by atoms with Gasteiger partial charge in [0.1, 0.15) is 0 Å². The summed E-state index contributed by atoms with van der Waals surface area (Å²) in [4.78, 5) is 4.85. The Labute approximate surface area is 124 Å². The van der Waals surface area contributed by atoms with Crippen LogP contribution in [0.3, 0.4) is 0 Å². The highest BCUT2D eigenvalue weighted by Crippen LogP contribution is 2.16. The number of nitrogens with zero attached hydrogens (tertiary/aromatic N) is 2. The first-order chi connectivity index (χ1) is 9.24. The van der Waals surface area contributed by atoms with Gasteiger partial charge in [0.15, 0.2) is 0 Å². The van der Waals surface area contributed by atoms with Crippen molar-refractivity contribution in [2.45, 2.75) is 18.9 Å². The van der Waals surface area contributed by atoms with E-state index in [0.29, 0.717) is 6.10 Å². The number of ether oxygens (including phenoxy) is 2. The molecule has 19 heavy (non-hydrogen) atoms. The van der Waals surface area contributed by atoms with Crippen LogP contribution in [0.5, 0.6) is 0 Å². The van der Waals surface area contributed by atoms with E-state index in [0.717, 1.165) is 76.4 Å². The lowest BCUT2D eigenvalue weighted by atomic mass is 10.1. The van der Waals surface area contributed by atoms with Crippen molar-refractivity contribution in [1.29, 1.82) is 0 Å². The van der Waals surface area contributed by atoms with E-state index >= 15 is 0 Å². The lowest BCUT2D eigenvalue weighted by Crippen LogP contribution is -2.40. The summed E-state index contributed by atoms with van der Waals surface area (Å²) in [7, 11) is 0. The van der Waals surface area contributed by atoms with E-state index in [1.807, 2.05) is 0 Å². The van der Waals surface area contributed by atoms with Gasteiger partial charge in [0.25, 0.3) is 0 Å². The van der Waals surface area contributed by atoms with Crippen LogP contribution in [0.25, 0.3) is 0 Å². The van der Waals surface area contributed by atoms with Gasteiger partial charge >= 0.3 is 0 Å². The third-order valence-corrected chi connectivity index (χ3v) is 4.05. The quantitative estimate of drug-likeness (QED) is 0.739. The lowest BCUT2D eigenvalue weighted by Gasteiger charge is -2.32. The van der Waals surface area contributed by atoms with E-state index in [1.165, 1.54) is 0 Å². The van der Waals surface area contributed by atoms with Crippen LogP contribution in [0, 0.1) is 0 Å². The summed E-state index contributed by atoms with van der Waals surface area (Å²) in [5.74, 6) is 0. The first-order valence-corrected chi connectivity index (χ1v) is 8.00. The van der Waals surface area contributed by atoms with E-state index < -0.39 is 0 Å². The molecule has 0 N–H and O–H groups in total. The van der Waals surface area contributed by atoms with Crippen LogP contribution in [0.15, 0.2) is 11.1 Å².